The molecule has 0 aliphatic carbocycles. The van der Waals surface area contributed by atoms with E-state index < -0.39 is 5.97 Å². The van der Waals surface area contributed by atoms with Gasteiger partial charge in [-0.2, -0.15) is 0 Å². The molecule has 2 unspecified atom stereocenters. The van der Waals surface area contributed by atoms with Crippen LogP contribution in [0.1, 0.15) is 85.0 Å². The fourth-order valence-electron chi connectivity index (χ4n) is 2.74. The van der Waals surface area contributed by atoms with Crippen LogP contribution in [-0.2, 0) is 4.79 Å². The zero-order valence-corrected chi connectivity index (χ0v) is 12.6. The summed E-state index contributed by atoms with van der Waals surface area (Å²) >= 11 is 0. The lowest BCUT2D eigenvalue weighted by Crippen LogP contribution is -2.24. The van der Waals surface area contributed by atoms with E-state index in [1.165, 1.54) is 25.7 Å². The van der Waals surface area contributed by atoms with Crippen molar-refractivity contribution in [3.05, 3.63) is 0 Å². The van der Waals surface area contributed by atoms with Crippen LogP contribution < -0.4 is 0 Å². The Morgan fingerprint density at radius 2 is 1.50 bits per heavy atom. The van der Waals surface area contributed by atoms with Crippen LogP contribution in [0.5, 0.6) is 0 Å². The minimum Gasteiger partial charge on any atom is -0.481 e. The quantitative estimate of drug-likeness (QED) is 0.483. The summed E-state index contributed by atoms with van der Waals surface area (Å²) < 4.78 is 0. The van der Waals surface area contributed by atoms with E-state index in [2.05, 4.69) is 20.8 Å². The first-order chi connectivity index (χ1) is 8.67. The monoisotopic (exact) mass is 256 g/mol. The molecule has 1 N–H and O–H groups in total. The van der Waals surface area contributed by atoms with Crippen molar-refractivity contribution in [3.63, 3.8) is 0 Å². The molecule has 0 saturated heterocycles. The number of rotatable bonds is 12. The Labute approximate surface area is 113 Å². The van der Waals surface area contributed by atoms with E-state index in [0.29, 0.717) is 5.92 Å². The van der Waals surface area contributed by atoms with Gasteiger partial charge in [0.2, 0.25) is 0 Å². The molecular weight excluding hydrogens is 224 g/mol. The smallest absolute Gasteiger partial charge is 0.306 e. The van der Waals surface area contributed by atoms with Crippen LogP contribution in [-0.4, -0.2) is 11.1 Å². The molecule has 2 nitrogen and oxygen atoms in total. The first-order valence-electron chi connectivity index (χ1n) is 7.90. The molecular formula is C16H32O2. The summed E-state index contributed by atoms with van der Waals surface area (Å²) in [5.74, 6) is -0.278. The third-order valence-electron chi connectivity index (χ3n) is 3.84. The van der Waals surface area contributed by atoms with Crippen LogP contribution in [0.4, 0.5) is 0 Å². The highest BCUT2D eigenvalue weighted by Gasteiger charge is 2.26. The maximum Gasteiger partial charge on any atom is 0.306 e. The second-order valence-corrected chi connectivity index (χ2v) is 5.49. The molecule has 0 aromatic carbocycles. The molecule has 108 valence electrons. The van der Waals surface area contributed by atoms with Crippen LogP contribution >= 0.6 is 0 Å². The number of hydrogen-bond donors (Lipinski definition) is 1. The summed E-state index contributed by atoms with van der Waals surface area (Å²) in [4.78, 5) is 11.4. The van der Waals surface area contributed by atoms with Gasteiger partial charge in [0.25, 0.3) is 0 Å². The van der Waals surface area contributed by atoms with Crippen molar-refractivity contribution < 1.29 is 9.90 Å². The molecule has 0 heterocycles. The third kappa shape index (κ3) is 7.73. The molecule has 0 aliphatic rings. The van der Waals surface area contributed by atoms with Crippen LogP contribution in [0.25, 0.3) is 0 Å². The van der Waals surface area contributed by atoms with Crippen LogP contribution in [0.15, 0.2) is 0 Å². The number of hydrogen-bond acceptors (Lipinski definition) is 1. The van der Waals surface area contributed by atoms with Crippen molar-refractivity contribution >= 4 is 5.97 Å². The van der Waals surface area contributed by atoms with E-state index >= 15 is 0 Å². The standard InChI is InChI=1S/C16H32O2/c1-4-7-9-10-12-14(11-6-3)15(16(17)18)13-8-5-2/h14-15H,4-13H2,1-3H3,(H,17,18). The highest BCUT2D eigenvalue weighted by atomic mass is 16.4. The third-order valence-corrected chi connectivity index (χ3v) is 3.84. The second kappa shape index (κ2) is 11.6. The lowest BCUT2D eigenvalue weighted by molar-refractivity contribution is -0.144. The number of aliphatic carboxylic acids is 1. The lowest BCUT2D eigenvalue weighted by Gasteiger charge is -2.23. The van der Waals surface area contributed by atoms with Gasteiger partial charge in [-0.05, 0) is 25.2 Å². The second-order valence-electron chi connectivity index (χ2n) is 5.49. The first kappa shape index (κ1) is 17.5. The van der Waals surface area contributed by atoms with E-state index in [-0.39, 0.29) is 5.92 Å². The van der Waals surface area contributed by atoms with E-state index in [9.17, 15) is 9.90 Å². The summed E-state index contributed by atoms with van der Waals surface area (Å²) in [6.45, 7) is 6.51. The minimum atomic E-state index is -0.572. The molecule has 0 fully saturated rings. The maximum absolute atomic E-state index is 11.4. The Kier molecular flexibility index (Phi) is 11.2. The van der Waals surface area contributed by atoms with Gasteiger partial charge in [0.05, 0.1) is 5.92 Å². The molecule has 2 atom stereocenters. The molecule has 0 aromatic heterocycles. The van der Waals surface area contributed by atoms with E-state index in [0.717, 1.165) is 38.5 Å². The van der Waals surface area contributed by atoms with Gasteiger partial charge in [-0.1, -0.05) is 65.7 Å². The molecule has 0 bridgehead atoms. The van der Waals surface area contributed by atoms with Gasteiger partial charge in [-0.3, -0.25) is 4.79 Å². The van der Waals surface area contributed by atoms with Crippen molar-refractivity contribution in [1.29, 1.82) is 0 Å². The SMILES string of the molecule is CCCCCCC(CCC)C(CCCC)C(=O)O. The molecule has 0 spiro atoms. The molecule has 0 aromatic rings. The summed E-state index contributed by atoms with van der Waals surface area (Å²) in [6, 6.07) is 0. The number of carbonyl (C=O) groups is 1. The van der Waals surface area contributed by atoms with Crippen molar-refractivity contribution in [2.24, 2.45) is 11.8 Å². The van der Waals surface area contributed by atoms with Gasteiger partial charge in [0.15, 0.2) is 0 Å². The van der Waals surface area contributed by atoms with Crippen LogP contribution in [0.3, 0.4) is 0 Å². The summed E-state index contributed by atoms with van der Waals surface area (Å²) in [7, 11) is 0. The predicted octanol–water partition coefficient (Wildman–Crippen LogP) is 5.26. The van der Waals surface area contributed by atoms with Crippen molar-refractivity contribution in [3.8, 4) is 0 Å². The van der Waals surface area contributed by atoms with Crippen molar-refractivity contribution in [1.82, 2.24) is 0 Å². The summed E-state index contributed by atoms with van der Waals surface area (Å²) in [5, 5.41) is 9.40. The molecule has 0 aliphatic heterocycles. The molecule has 2 heteroatoms. The molecule has 18 heavy (non-hydrogen) atoms. The molecule has 0 rings (SSSR count). The summed E-state index contributed by atoms with van der Waals surface area (Å²) in [6.07, 6.45) is 11.3. The molecule has 0 radical (unpaired) electrons. The Morgan fingerprint density at radius 3 is 2.00 bits per heavy atom. The van der Waals surface area contributed by atoms with Gasteiger partial charge in [0, 0.05) is 0 Å². The topological polar surface area (TPSA) is 37.3 Å². The lowest BCUT2D eigenvalue weighted by atomic mass is 9.81. The highest BCUT2D eigenvalue weighted by Crippen LogP contribution is 2.28. The Bertz CT molecular complexity index is 201. The van der Waals surface area contributed by atoms with Gasteiger partial charge in [-0.15, -0.1) is 0 Å². The molecule has 0 saturated carbocycles. The van der Waals surface area contributed by atoms with Crippen molar-refractivity contribution in [2.75, 3.05) is 0 Å². The zero-order valence-electron chi connectivity index (χ0n) is 12.6. The van der Waals surface area contributed by atoms with Gasteiger partial charge >= 0.3 is 5.97 Å². The summed E-state index contributed by atoms with van der Waals surface area (Å²) in [5.41, 5.74) is 0. The normalized spacial score (nSPS) is 14.4. The number of carboxylic acid groups (broad SMARTS) is 1. The van der Waals surface area contributed by atoms with Crippen LogP contribution in [0.2, 0.25) is 0 Å². The van der Waals surface area contributed by atoms with Gasteiger partial charge in [0.1, 0.15) is 0 Å². The Hall–Kier alpha value is -0.530. The molecule has 0 amide bonds. The largest absolute Gasteiger partial charge is 0.481 e. The van der Waals surface area contributed by atoms with Crippen LogP contribution in [0, 0.1) is 11.8 Å². The number of unbranched alkanes of at least 4 members (excludes halogenated alkanes) is 4. The number of carboxylic acids is 1. The predicted molar refractivity (Wildman–Crippen MR) is 77.8 cm³/mol. The Balaban J connectivity index is 4.25. The maximum atomic E-state index is 11.4. The average molecular weight is 256 g/mol. The first-order valence-corrected chi connectivity index (χ1v) is 7.90. The minimum absolute atomic E-state index is 0.105. The van der Waals surface area contributed by atoms with Gasteiger partial charge < -0.3 is 5.11 Å². The van der Waals surface area contributed by atoms with E-state index in [4.69, 9.17) is 0 Å². The zero-order chi connectivity index (χ0) is 13.8. The van der Waals surface area contributed by atoms with E-state index in [1.807, 2.05) is 0 Å². The highest BCUT2D eigenvalue weighted by molar-refractivity contribution is 5.70. The van der Waals surface area contributed by atoms with Crippen molar-refractivity contribution in [2.45, 2.75) is 85.0 Å². The average Bonchev–Trinajstić information content (AvgIpc) is 2.34. The van der Waals surface area contributed by atoms with Gasteiger partial charge in [-0.25, -0.2) is 0 Å². The van der Waals surface area contributed by atoms with E-state index in [1.54, 1.807) is 0 Å². The fourth-order valence-corrected chi connectivity index (χ4v) is 2.74. The fraction of sp³-hybridized carbons (Fsp3) is 0.938. The Morgan fingerprint density at radius 1 is 0.833 bits per heavy atom.